The molecule has 0 radical (unpaired) electrons. The first-order valence-corrected chi connectivity index (χ1v) is 23.2. The highest BCUT2D eigenvalue weighted by atomic mass is 32.1. The van der Waals surface area contributed by atoms with E-state index in [0.717, 1.165) is 24.1 Å². The van der Waals surface area contributed by atoms with Crippen LogP contribution in [0.15, 0.2) is 84.9 Å². The summed E-state index contributed by atoms with van der Waals surface area (Å²) in [5, 5.41) is 16.9. The van der Waals surface area contributed by atoms with E-state index in [2.05, 4.69) is 122 Å². The van der Waals surface area contributed by atoms with Crippen molar-refractivity contribution >= 4 is 58.2 Å². The number of nitrogens with one attached hydrogen (secondary N) is 5. The van der Waals surface area contributed by atoms with E-state index in [1.807, 2.05) is 65.8 Å². The molecular weight excluding hydrogens is 851 g/mol. The minimum absolute atomic E-state index is 0.0742. The second-order valence-corrected chi connectivity index (χ2v) is 20.0. The number of ether oxygens (including phenoxy) is 2. The van der Waals surface area contributed by atoms with Crippen molar-refractivity contribution in [3.05, 3.63) is 135 Å². The molecule has 352 valence electrons. The zero-order valence-corrected chi connectivity index (χ0v) is 42.4. The van der Waals surface area contributed by atoms with Crippen LogP contribution in [0.1, 0.15) is 98.5 Å². The van der Waals surface area contributed by atoms with Gasteiger partial charge >= 0.3 is 11.9 Å². The number of rotatable bonds is 17. The predicted octanol–water partition coefficient (Wildman–Crippen LogP) is 9.70. The minimum Gasteiger partial charge on any atom is -0.465 e. The number of esters is 2. The van der Waals surface area contributed by atoms with Crippen LogP contribution in [-0.4, -0.2) is 54.4 Å². The van der Waals surface area contributed by atoms with Gasteiger partial charge in [0.1, 0.15) is 0 Å². The number of carbonyl (C=O) groups excluding carboxylic acids is 3. The molecule has 0 aliphatic rings. The van der Waals surface area contributed by atoms with Crippen LogP contribution in [0.2, 0.25) is 0 Å². The summed E-state index contributed by atoms with van der Waals surface area (Å²) in [6, 6.07) is 28.9. The van der Waals surface area contributed by atoms with E-state index in [-0.39, 0.29) is 29.7 Å². The third-order valence-electron chi connectivity index (χ3n) is 10.7. The van der Waals surface area contributed by atoms with Gasteiger partial charge < -0.3 is 36.1 Å². The Balaban J connectivity index is 0.000000347. The standard InChI is InChI=1S/C27H37N3O3S.C26H36N2O2S/c1-18-7-8-22(13-19(18)2)14-23(17-33-25(32)27(4,5)6)16-29-26(34)28-15-21-9-11-24(12-10-21)30-20(3)31;1-18-7-10-21(11-8-18)15-27-25(31)28-16-23(17-30-24(29)26(4,5)6)14-22-12-9-19(2)20(3)13-22/h7-13,23H,14-17H2,1-6H3,(H,30,31)(H2,28,29,34);7-13,23H,14-17H2,1-6H3,(H2,27,28,31). The van der Waals surface area contributed by atoms with Crippen molar-refractivity contribution in [3.8, 4) is 0 Å². The van der Waals surface area contributed by atoms with E-state index >= 15 is 0 Å². The van der Waals surface area contributed by atoms with Gasteiger partial charge in [0, 0.05) is 50.6 Å². The van der Waals surface area contributed by atoms with E-state index in [1.54, 1.807) is 0 Å². The number of thiocarbonyl (C=S) groups is 2. The molecule has 12 heteroatoms. The number of anilines is 1. The number of carbonyl (C=O) groups is 3. The lowest BCUT2D eigenvalue weighted by Crippen LogP contribution is -2.39. The van der Waals surface area contributed by atoms with Crippen LogP contribution < -0.4 is 26.6 Å². The molecule has 0 heterocycles. The molecule has 0 bridgehead atoms. The fraction of sp³-hybridized carbons (Fsp3) is 0.453. The first kappa shape index (κ1) is 54.0. The highest BCUT2D eigenvalue weighted by molar-refractivity contribution is 7.80. The fourth-order valence-electron chi connectivity index (χ4n) is 6.31. The monoisotopic (exact) mass is 924 g/mol. The van der Waals surface area contributed by atoms with Crippen LogP contribution >= 0.6 is 24.4 Å². The average molecular weight is 924 g/mol. The summed E-state index contributed by atoms with van der Waals surface area (Å²) in [7, 11) is 0. The molecule has 5 N–H and O–H groups in total. The largest absolute Gasteiger partial charge is 0.465 e. The zero-order valence-electron chi connectivity index (χ0n) is 40.8. The lowest BCUT2D eigenvalue weighted by atomic mass is 9.96. The number of amides is 1. The molecule has 0 saturated carbocycles. The van der Waals surface area contributed by atoms with Gasteiger partial charge in [-0.3, -0.25) is 14.4 Å². The van der Waals surface area contributed by atoms with Gasteiger partial charge in [-0.15, -0.1) is 0 Å². The third kappa shape index (κ3) is 21.0. The Labute approximate surface area is 399 Å². The highest BCUT2D eigenvalue weighted by Gasteiger charge is 2.26. The van der Waals surface area contributed by atoms with Gasteiger partial charge in [0.05, 0.1) is 24.0 Å². The van der Waals surface area contributed by atoms with Gasteiger partial charge in [0.2, 0.25) is 5.91 Å². The minimum atomic E-state index is -0.537. The van der Waals surface area contributed by atoms with Crippen LogP contribution in [0.3, 0.4) is 0 Å². The molecule has 0 aromatic heterocycles. The smallest absolute Gasteiger partial charge is 0.311 e. The normalized spacial score (nSPS) is 12.1. The maximum atomic E-state index is 12.3. The molecule has 4 aromatic rings. The quantitative estimate of drug-likeness (QED) is 0.0513. The van der Waals surface area contributed by atoms with E-state index in [9.17, 15) is 14.4 Å². The SMILES string of the molecule is CC(=O)Nc1ccc(CNC(=S)NCC(COC(=O)C(C)(C)C)Cc2ccc(C)c(C)c2)cc1.Cc1ccc(CNC(=S)NCC(COC(=O)C(C)(C)C)Cc2ccc(C)c(C)c2)cc1. The van der Waals surface area contributed by atoms with Crippen molar-refractivity contribution in [1.82, 2.24) is 21.3 Å². The van der Waals surface area contributed by atoms with Crippen LogP contribution in [0, 0.1) is 57.3 Å². The van der Waals surface area contributed by atoms with Crippen molar-refractivity contribution < 1.29 is 23.9 Å². The second-order valence-electron chi connectivity index (χ2n) is 19.2. The zero-order chi connectivity index (χ0) is 48.3. The van der Waals surface area contributed by atoms with Crippen LogP contribution in [-0.2, 0) is 49.8 Å². The molecule has 0 aliphatic carbocycles. The van der Waals surface area contributed by atoms with Crippen molar-refractivity contribution in [2.75, 3.05) is 31.6 Å². The van der Waals surface area contributed by atoms with Crippen molar-refractivity contribution in [2.45, 2.75) is 109 Å². The predicted molar refractivity (Wildman–Crippen MR) is 274 cm³/mol. The van der Waals surface area contributed by atoms with Gasteiger partial charge in [-0.25, -0.2) is 0 Å². The summed E-state index contributed by atoms with van der Waals surface area (Å²) < 4.78 is 11.2. The highest BCUT2D eigenvalue weighted by Crippen LogP contribution is 2.20. The van der Waals surface area contributed by atoms with Gasteiger partial charge in [0.25, 0.3) is 0 Å². The van der Waals surface area contributed by atoms with Gasteiger partial charge in [-0.2, -0.15) is 0 Å². The molecule has 4 rings (SSSR count). The van der Waals surface area contributed by atoms with Crippen LogP contribution in [0.5, 0.6) is 0 Å². The molecular formula is C53H73N5O5S2. The molecule has 2 atom stereocenters. The Hall–Kier alpha value is -5.33. The summed E-state index contributed by atoms with van der Waals surface area (Å²) in [4.78, 5) is 35.7. The Morgan fingerprint density at radius 1 is 0.523 bits per heavy atom. The topological polar surface area (TPSA) is 130 Å². The Bertz CT molecular complexity index is 2190. The summed E-state index contributed by atoms with van der Waals surface area (Å²) in [5.74, 6) is -0.295. The first-order valence-electron chi connectivity index (χ1n) is 22.4. The van der Waals surface area contributed by atoms with Crippen LogP contribution in [0.4, 0.5) is 5.69 Å². The third-order valence-corrected chi connectivity index (χ3v) is 11.3. The molecule has 65 heavy (non-hydrogen) atoms. The van der Waals surface area contributed by atoms with Gasteiger partial charge in [0.15, 0.2) is 10.2 Å². The fourth-order valence-corrected chi connectivity index (χ4v) is 6.62. The van der Waals surface area contributed by atoms with Crippen molar-refractivity contribution in [1.29, 1.82) is 0 Å². The summed E-state index contributed by atoms with van der Waals surface area (Å²) >= 11 is 10.9. The number of aryl methyl sites for hydroxylation is 5. The van der Waals surface area contributed by atoms with Gasteiger partial charge in [-0.1, -0.05) is 78.4 Å². The summed E-state index contributed by atoms with van der Waals surface area (Å²) in [5.41, 5.74) is 10.7. The van der Waals surface area contributed by atoms with Gasteiger partial charge in [-0.05, 0) is 170 Å². The Morgan fingerprint density at radius 2 is 0.892 bits per heavy atom. The maximum absolute atomic E-state index is 12.3. The molecule has 0 spiro atoms. The number of hydrogen-bond donors (Lipinski definition) is 5. The molecule has 4 aromatic carbocycles. The van der Waals surface area contributed by atoms with E-state index in [0.29, 0.717) is 49.6 Å². The molecule has 0 fully saturated rings. The summed E-state index contributed by atoms with van der Waals surface area (Å²) in [6.07, 6.45) is 1.59. The van der Waals surface area contributed by atoms with E-state index in [1.165, 1.54) is 51.4 Å². The van der Waals surface area contributed by atoms with Crippen LogP contribution in [0.25, 0.3) is 0 Å². The number of benzene rings is 4. The number of hydrogen-bond acceptors (Lipinski definition) is 7. The Kier molecular flexibility index (Phi) is 21.6. The summed E-state index contributed by atoms with van der Waals surface area (Å²) in [6.45, 7) is 26.3. The van der Waals surface area contributed by atoms with E-state index < -0.39 is 10.8 Å². The molecule has 0 saturated heterocycles. The molecule has 0 aliphatic heterocycles. The van der Waals surface area contributed by atoms with E-state index in [4.69, 9.17) is 33.9 Å². The Morgan fingerprint density at radius 3 is 1.25 bits per heavy atom. The average Bonchev–Trinajstić information content (AvgIpc) is 3.24. The maximum Gasteiger partial charge on any atom is 0.311 e. The lowest BCUT2D eigenvalue weighted by Gasteiger charge is -2.22. The second kappa shape index (κ2) is 26.0. The lowest BCUT2D eigenvalue weighted by molar-refractivity contribution is -0.155. The molecule has 1 amide bonds. The van der Waals surface area contributed by atoms with Crippen molar-refractivity contribution in [3.63, 3.8) is 0 Å². The first-order chi connectivity index (χ1) is 30.5. The van der Waals surface area contributed by atoms with Crippen molar-refractivity contribution in [2.24, 2.45) is 22.7 Å². The molecule has 10 nitrogen and oxygen atoms in total. The molecule has 2 unspecified atom stereocenters.